The quantitative estimate of drug-likeness (QED) is 0.486. The van der Waals surface area contributed by atoms with E-state index in [0.717, 1.165) is 44.4 Å². The fourth-order valence-corrected chi connectivity index (χ4v) is 4.30. The van der Waals surface area contributed by atoms with Gasteiger partial charge in [0, 0.05) is 73.5 Å². The second-order valence-corrected chi connectivity index (χ2v) is 8.73. The molecule has 0 spiro atoms. The number of H-pyrrole nitrogens is 2. The zero-order valence-electron chi connectivity index (χ0n) is 19.5. The van der Waals surface area contributed by atoms with Crippen LogP contribution in [0, 0.1) is 0 Å². The van der Waals surface area contributed by atoms with E-state index in [9.17, 15) is 0 Å². The predicted octanol–water partition coefficient (Wildman–Crippen LogP) is 4.00. The highest BCUT2D eigenvalue weighted by Gasteiger charge is 2.31. The van der Waals surface area contributed by atoms with Crippen LogP contribution in [0.1, 0.15) is 11.1 Å². The number of fused-ring (bicyclic) bond motifs is 2. The predicted molar refractivity (Wildman–Crippen MR) is 139 cm³/mol. The van der Waals surface area contributed by atoms with Gasteiger partial charge in [0.1, 0.15) is 22.8 Å². The Hall–Kier alpha value is -4.46. The van der Waals surface area contributed by atoms with Gasteiger partial charge in [-0.3, -0.25) is 0 Å². The zero-order valence-corrected chi connectivity index (χ0v) is 19.5. The number of hydrogen-bond acceptors (Lipinski definition) is 6. The Morgan fingerprint density at radius 2 is 0.971 bits per heavy atom. The van der Waals surface area contributed by atoms with E-state index in [1.165, 1.54) is 0 Å². The first-order chi connectivity index (χ1) is 16.5. The lowest BCUT2D eigenvalue weighted by Crippen LogP contribution is -2.18. The summed E-state index contributed by atoms with van der Waals surface area (Å²) in [5.41, 5.74) is 7.09. The Bertz CT molecular complexity index is 1480. The van der Waals surface area contributed by atoms with Crippen molar-refractivity contribution in [3.05, 3.63) is 83.4 Å². The molecule has 0 amide bonds. The topological polar surface area (TPSA) is 87.5 Å². The van der Waals surface area contributed by atoms with Gasteiger partial charge in [0.2, 0.25) is 11.9 Å². The molecule has 8 heteroatoms. The molecule has 8 nitrogen and oxygen atoms in total. The Balaban J connectivity index is 1.61. The number of aliphatic imine (C=N–C) groups is 4. The van der Waals surface area contributed by atoms with Crippen LogP contribution in [0.3, 0.4) is 0 Å². The SMILES string of the molecule is CN(C)C1=N/C(=C2/N=C(N(C)C)N=C2c2c[nH]c3ccccc23)C(c2c[nH]c3ccccc23)=N1. The minimum atomic E-state index is 0.634. The van der Waals surface area contributed by atoms with E-state index >= 15 is 0 Å². The van der Waals surface area contributed by atoms with Crippen LogP contribution in [0.25, 0.3) is 21.8 Å². The summed E-state index contributed by atoms with van der Waals surface area (Å²) in [5, 5.41) is 2.19. The van der Waals surface area contributed by atoms with Crippen molar-refractivity contribution in [1.82, 2.24) is 19.8 Å². The van der Waals surface area contributed by atoms with Crippen molar-refractivity contribution in [2.24, 2.45) is 20.0 Å². The van der Waals surface area contributed by atoms with Crippen molar-refractivity contribution in [2.75, 3.05) is 28.2 Å². The van der Waals surface area contributed by atoms with Crippen LogP contribution in [0.15, 0.2) is 92.3 Å². The maximum atomic E-state index is 4.94. The van der Waals surface area contributed by atoms with Crippen LogP contribution in [-0.2, 0) is 0 Å². The molecule has 0 saturated carbocycles. The van der Waals surface area contributed by atoms with E-state index in [4.69, 9.17) is 20.0 Å². The number of benzene rings is 2. The average Bonchev–Trinajstić information content (AvgIpc) is 3.61. The molecular formula is C26H24N8. The molecule has 0 fully saturated rings. The molecule has 0 saturated heterocycles. The van der Waals surface area contributed by atoms with Crippen LogP contribution >= 0.6 is 0 Å². The molecular weight excluding hydrogens is 424 g/mol. The molecule has 2 aromatic carbocycles. The molecule has 4 aromatic rings. The molecule has 0 radical (unpaired) electrons. The number of nitrogens with zero attached hydrogens (tertiary/aromatic N) is 6. The van der Waals surface area contributed by atoms with Gasteiger partial charge in [0.15, 0.2) is 0 Å². The third kappa shape index (κ3) is 3.07. The fraction of sp³-hybridized carbons (Fsp3) is 0.154. The third-order valence-corrected chi connectivity index (χ3v) is 6.01. The maximum Gasteiger partial charge on any atom is 0.226 e. The Morgan fingerprint density at radius 3 is 1.38 bits per heavy atom. The van der Waals surface area contributed by atoms with Crippen LogP contribution in [0.4, 0.5) is 0 Å². The normalized spacial score (nSPS) is 17.8. The van der Waals surface area contributed by atoms with Crippen molar-refractivity contribution in [1.29, 1.82) is 0 Å². The van der Waals surface area contributed by atoms with Crippen molar-refractivity contribution < 1.29 is 0 Å². The van der Waals surface area contributed by atoms with E-state index in [1.807, 2.05) is 74.6 Å². The van der Waals surface area contributed by atoms with Gasteiger partial charge in [-0.2, -0.15) is 0 Å². The number of nitrogens with one attached hydrogen (secondary N) is 2. The summed E-state index contributed by atoms with van der Waals surface area (Å²) in [6.07, 6.45) is 3.98. The smallest absolute Gasteiger partial charge is 0.226 e. The van der Waals surface area contributed by atoms with E-state index in [1.54, 1.807) is 0 Å². The first-order valence-corrected chi connectivity index (χ1v) is 11.1. The Kier molecular flexibility index (Phi) is 4.48. The average molecular weight is 449 g/mol. The number of allylic oxidation sites excluding steroid dienone is 2. The Labute approximate surface area is 196 Å². The second-order valence-electron chi connectivity index (χ2n) is 8.73. The summed E-state index contributed by atoms with van der Waals surface area (Å²) < 4.78 is 0. The van der Waals surface area contributed by atoms with Crippen LogP contribution in [0.5, 0.6) is 0 Å². The van der Waals surface area contributed by atoms with Gasteiger partial charge in [0.25, 0.3) is 0 Å². The van der Waals surface area contributed by atoms with Crippen LogP contribution in [0.2, 0.25) is 0 Å². The van der Waals surface area contributed by atoms with E-state index in [0.29, 0.717) is 23.3 Å². The minimum absolute atomic E-state index is 0.634. The molecule has 168 valence electrons. The fourth-order valence-electron chi connectivity index (χ4n) is 4.30. The summed E-state index contributed by atoms with van der Waals surface area (Å²) in [7, 11) is 7.78. The minimum Gasteiger partial charge on any atom is -0.360 e. The zero-order chi connectivity index (χ0) is 23.4. The van der Waals surface area contributed by atoms with Crippen molar-refractivity contribution >= 4 is 45.1 Å². The van der Waals surface area contributed by atoms with Crippen molar-refractivity contribution in [3.63, 3.8) is 0 Å². The molecule has 2 aliphatic heterocycles. The molecule has 2 aliphatic rings. The van der Waals surface area contributed by atoms with Gasteiger partial charge in [-0.05, 0) is 12.1 Å². The highest BCUT2D eigenvalue weighted by molar-refractivity contribution is 6.32. The molecule has 2 N–H and O–H groups in total. The number of guanidine groups is 2. The molecule has 2 aromatic heterocycles. The summed E-state index contributed by atoms with van der Waals surface area (Å²) in [5.74, 6) is 1.27. The van der Waals surface area contributed by atoms with Gasteiger partial charge in [0.05, 0.1) is 0 Å². The van der Waals surface area contributed by atoms with Crippen LogP contribution < -0.4 is 0 Å². The van der Waals surface area contributed by atoms with Crippen molar-refractivity contribution in [2.45, 2.75) is 0 Å². The van der Waals surface area contributed by atoms with Gasteiger partial charge in [-0.1, -0.05) is 36.4 Å². The molecule has 0 unspecified atom stereocenters. The first kappa shape index (κ1) is 20.2. The highest BCUT2D eigenvalue weighted by Crippen LogP contribution is 2.32. The summed E-state index contributed by atoms with van der Waals surface area (Å²) in [6, 6.07) is 16.4. The number of aromatic nitrogens is 2. The monoisotopic (exact) mass is 448 g/mol. The first-order valence-electron chi connectivity index (χ1n) is 11.1. The summed E-state index contributed by atoms with van der Waals surface area (Å²) in [6.45, 7) is 0. The van der Waals surface area contributed by atoms with Crippen molar-refractivity contribution in [3.8, 4) is 0 Å². The van der Waals surface area contributed by atoms with E-state index in [-0.39, 0.29) is 0 Å². The maximum absolute atomic E-state index is 4.94. The molecule has 4 heterocycles. The van der Waals surface area contributed by atoms with E-state index in [2.05, 4.69) is 34.2 Å². The number of rotatable bonds is 2. The largest absolute Gasteiger partial charge is 0.360 e. The number of para-hydroxylation sites is 2. The summed E-state index contributed by atoms with van der Waals surface area (Å²) in [4.78, 5) is 30.3. The lowest BCUT2D eigenvalue weighted by molar-refractivity contribution is 0.616. The standard InChI is InChI=1S/C26H24N8/c1-33(2)25-29-21(17-13-27-19-11-7-5-9-15(17)19)23(31-25)24-22(30-26(32-24)34(3)4)18-14-28-20-12-8-6-10-16(18)20/h5-14,27-28H,1-4H3/b24-23+. The third-order valence-electron chi connectivity index (χ3n) is 6.01. The van der Waals surface area contributed by atoms with Gasteiger partial charge >= 0.3 is 0 Å². The molecule has 34 heavy (non-hydrogen) atoms. The molecule has 0 aliphatic carbocycles. The van der Waals surface area contributed by atoms with Gasteiger partial charge in [-0.25, -0.2) is 20.0 Å². The Morgan fingerprint density at radius 1 is 0.559 bits per heavy atom. The number of aromatic amines is 2. The molecule has 0 bridgehead atoms. The second kappa shape index (κ2) is 7.55. The lowest BCUT2D eigenvalue weighted by Gasteiger charge is -2.07. The summed E-state index contributed by atoms with van der Waals surface area (Å²) >= 11 is 0. The molecule has 0 atom stereocenters. The number of hydrogen-bond donors (Lipinski definition) is 2. The van der Waals surface area contributed by atoms with Gasteiger partial charge in [-0.15, -0.1) is 0 Å². The van der Waals surface area contributed by atoms with Crippen LogP contribution in [-0.4, -0.2) is 71.3 Å². The lowest BCUT2D eigenvalue weighted by atomic mass is 10.0. The van der Waals surface area contributed by atoms with E-state index < -0.39 is 0 Å². The highest BCUT2D eigenvalue weighted by atomic mass is 15.3. The van der Waals surface area contributed by atoms with Gasteiger partial charge < -0.3 is 19.8 Å². The molecule has 6 rings (SSSR count).